The minimum Gasteiger partial charge on any atom is -0.458 e. The molecular weight excluding hydrogens is 476 g/mol. The molecule has 8 nitrogen and oxygen atoms in total. The molecule has 206 valence electrons. The first-order valence-corrected chi connectivity index (χ1v) is 13.5. The number of fused-ring (bicyclic) bond motifs is 5. The van der Waals surface area contributed by atoms with Crippen molar-refractivity contribution in [2.75, 3.05) is 6.61 Å². The third kappa shape index (κ3) is 3.88. The number of esters is 3. The SMILES string of the molecule is CC(=O)OC1C2C(C)(CCC3C(=O)C(C)=CC(OC(C)=O)C32C)C2C(C)OCC2(C(C)C)C1OC(C)=O. The molecule has 1 saturated heterocycles. The standard InChI is InChI=1S/C29H42O8/c1-14(2)29-13-34-16(4)24(29)27(8)11-10-20-22(33)15(3)12-21(35-17(5)30)28(20,9)25(27)23(36-18(6)31)26(29)37-19(7)32/h12,14,16,20-21,23-26H,10-11,13H2,1-9H3. The van der Waals surface area contributed by atoms with E-state index in [1.807, 2.05) is 6.92 Å². The quantitative estimate of drug-likeness (QED) is 0.406. The van der Waals surface area contributed by atoms with E-state index in [2.05, 4.69) is 27.7 Å². The van der Waals surface area contributed by atoms with Gasteiger partial charge in [0, 0.05) is 49.4 Å². The van der Waals surface area contributed by atoms with Crippen LogP contribution in [0, 0.1) is 39.9 Å². The summed E-state index contributed by atoms with van der Waals surface area (Å²) in [4.78, 5) is 51.1. The van der Waals surface area contributed by atoms with Gasteiger partial charge in [0.2, 0.25) is 0 Å². The first-order chi connectivity index (χ1) is 17.1. The Morgan fingerprint density at radius 1 is 1.00 bits per heavy atom. The number of ketones is 1. The number of Topliss-reactive ketones (excluding diaryl/α,β-unsaturated/α-hetero) is 1. The van der Waals surface area contributed by atoms with Crippen molar-refractivity contribution < 1.29 is 38.1 Å². The summed E-state index contributed by atoms with van der Waals surface area (Å²) in [7, 11) is 0. The number of hydrogen-bond donors (Lipinski definition) is 0. The van der Waals surface area contributed by atoms with Gasteiger partial charge < -0.3 is 18.9 Å². The number of rotatable bonds is 4. The molecule has 0 amide bonds. The molecule has 8 heteroatoms. The van der Waals surface area contributed by atoms with Crippen LogP contribution in [-0.4, -0.2) is 54.7 Å². The summed E-state index contributed by atoms with van der Waals surface area (Å²) >= 11 is 0. The Kier molecular flexibility index (Phi) is 6.92. The third-order valence-corrected chi connectivity index (χ3v) is 10.3. The van der Waals surface area contributed by atoms with E-state index in [-0.39, 0.29) is 23.7 Å². The summed E-state index contributed by atoms with van der Waals surface area (Å²) in [5.41, 5.74) is -1.37. The Balaban J connectivity index is 2.03. The topological polar surface area (TPSA) is 105 Å². The summed E-state index contributed by atoms with van der Waals surface area (Å²) in [5, 5.41) is 0. The van der Waals surface area contributed by atoms with Gasteiger partial charge in [0.25, 0.3) is 0 Å². The lowest BCUT2D eigenvalue weighted by Gasteiger charge is -2.68. The average molecular weight is 519 g/mol. The van der Waals surface area contributed by atoms with Gasteiger partial charge in [-0.1, -0.05) is 27.7 Å². The molecule has 2 saturated carbocycles. The van der Waals surface area contributed by atoms with Crippen LogP contribution in [0.2, 0.25) is 0 Å². The van der Waals surface area contributed by atoms with E-state index in [0.717, 1.165) is 0 Å². The zero-order valence-electron chi connectivity index (χ0n) is 23.6. The molecule has 0 N–H and O–H groups in total. The molecular formula is C29H42O8. The van der Waals surface area contributed by atoms with Crippen LogP contribution in [-0.2, 0) is 38.1 Å². The number of hydrogen-bond acceptors (Lipinski definition) is 8. The van der Waals surface area contributed by atoms with E-state index in [1.54, 1.807) is 13.0 Å². The largest absolute Gasteiger partial charge is 0.458 e. The van der Waals surface area contributed by atoms with Crippen LogP contribution in [0.4, 0.5) is 0 Å². The maximum absolute atomic E-state index is 13.6. The first kappa shape index (κ1) is 27.8. The highest BCUT2D eigenvalue weighted by Gasteiger charge is 2.76. The molecule has 0 radical (unpaired) electrons. The molecule has 0 aromatic heterocycles. The van der Waals surface area contributed by atoms with E-state index in [1.165, 1.54) is 20.8 Å². The van der Waals surface area contributed by atoms with Crippen molar-refractivity contribution in [1.29, 1.82) is 0 Å². The van der Waals surface area contributed by atoms with Crippen LogP contribution in [0.1, 0.15) is 75.2 Å². The van der Waals surface area contributed by atoms with E-state index < -0.39 is 64.3 Å². The average Bonchev–Trinajstić information content (AvgIpc) is 3.13. The summed E-state index contributed by atoms with van der Waals surface area (Å²) in [6.07, 6.45) is 0.611. The molecule has 3 fully saturated rings. The molecule has 0 aromatic rings. The van der Waals surface area contributed by atoms with Gasteiger partial charge in [-0.15, -0.1) is 0 Å². The normalized spacial score (nSPS) is 44.8. The van der Waals surface area contributed by atoms with E-state index in [9.17, 15) is 19.2 Å². The van der Waals surface area contributed by atoms with Crippen molar-refractivity contribution in [3.8, 4) is 0 Å². The Bertz CT molecular complexity index is 1030. The maximum Gasteiger partial charge on any atom is 0.303 e. The van der Waals surface area contributed by atoms with Crippen LogP contribution in [0.3, 0.4) is 0 Å². The second kappa shape index (κ2) is 9.21. The molecule has 0 aromatic carbocycles. The van der Waals surface area contributed by atoms with Crippen LogP contribution in [0.25, 0.3) is 0 Å². The molecule has 4 aliphatic rings. The highest BCUT2D eigenvalue weighted by Crippen LogP contribution is 2.72. The van der Waals surface area contributed by atoms with Gasteiger partial charge in [-0.25, -0.2) is 0 Å². The summed E-state index contributed by atoms with van der Waals surface area (Å²) in [6.45, 7) is 16.7. The molecule has 1 aliphatic heterocycles. The van der Waals surface area contributed by atoms with Gasteiger partial charge in [-0.3, -0.25) is 19.2 Å². The van der Waals surface area contributed by atoms with Crippen LogP contribution in [0.5, 0.6) is 0 Å². The Labute approximate surface area is 219 Å². The van der Waals surface area contributed by atoms with Crippen molar-refractivity contribution in [1.82, 2.24) is 0 Å². The molecule has 10 atom stereocenters. The lowest BCUT2D eigenvalue weighted by Crippen LogP contribution is -2.74. The molecule has 37 heavy (non-hydrogen) atoms. The van der Waals surface area contributed by atoms with E-state index >= 15 is 0 Å². The van der Waals surface area contributed by atoms with Gasteiger partial charge in [0.15, 0.2) is 5.78 Å². The fourth-order valence-electron chi connectivity index (χ4n) is 9.14. The number of carbonyl (C=O) groups is 4. The number of allylic oxidation sites excluding steroid dienone is 1. The first-order valence-electron chi connectivity index (χ1n) is 13.5. The second-order valence-electron chi connectivity index (χ2n) is 12.5. The second-order valence-corrected chi connectivity index (χ2v) is 12.5. The van der Waals surface area contributed by atoms with Gasteiger partial charge >= 0.3 is 17.9 Å². The van der Waals surface area contributed by atoms with E-state index in [4.69, 9.17) is 18.9 Å². The summed E-state index contributed by atoms with van der Waals surface area (Å²) < 4.78 is 24.5. The van der Waals surface area contributed by atoms with Crippen LogP contribution in [0.15, 0.2) is 11.6 Å². The Hall–Kier alpha value is -2.22. The molecule has 0 bridgehead atoms. The molecule has 0 spiro atoms. The van der Waals surface area contributed by atoms with Crippen molar-refractivity contribution >= 4 is 23.7 Å². The molecule has 3 aliphatic carbocycles. The Morgan fingerprint density at radius 3 is 2.14 bits per heavy atom. The van der Waals surface area contributed by atoms with Gasteiger partial charge in [-0.05, 0) is 49.7 Å². The van der Waals surface area contributed by atoms with E-state index in [0.29, 0.717) is 25.0 Å². The van der Waals surface area contributed by atoms with Gasteiger partial charge in [0.05, 0.1) is 12.7 Å². The zero-order chi connectivity index (χ0) is 27.7. The van der Waals surface area contributed by atoms with Gasteiger partial charge in [0.1, 0.15) is 18.3 Å². The minimum atomic E-state index is -0.890. The monoisotopic (exact) mass is 518 g/mol. The lowest BCUT2D eigenvalue weighted by atomic mass is 9.36. The molecule has 4 rings (SSSR count). The minimum absolute atomic E-state index is 0.0231. The van der Waals surface area contributed by atoms with Crippen LogP contribution < -0.4 is 0 Å². The predicted molar refractivity (Wildman–Crippen MR) is 134 cm³/mol. The third-order valence-electron chi connectivity index (χ3n) is 10.3. The smallest absolute Gasteiger partial charge is 0.303 e. The molecule has 10 unspecified atom stereocenters. The van der Waals surface area contributed by atoms with Crippen molar-refractivity contribution in [2.24, 2.45) is 39.9 Å². The fraction of sp³-hybridized carbons (Fsp3) is 0.793. The summed E-state index contributed by atoms with van der Waals surface area (Å²) in [5.74, 6) is -2.24. The number of carbonyl (C=O) groups excluding carboxylic acids is 4. The van der Waals surface area contributed by atoms with Crippen molar-refractivity contribution in [3.63, 3.8) is 0 Å². The predicted octanol–water partition coefficient (Wildman–Crippen LogP) is 4.04. The van der Waals surface area contributed by atoms with Crippen molar-refractivity contribution in [2.45, 2.75) is 99.6 Å². The fourth-order valence-corrected chi connectivity index (χ4v) is 9.14. The number of ether oxygens (including phenoxy) is 4. The van der Waals surface area contributed by atoms with Gasteiger partial charge in [-0.2, -0.15) is 0 Å². The highest BCUT2D eigenvalue weighted by atomic mass is 16.6. The maximum atomic E-state index is 13.6. The Morgan fingerprint density at radius 2 is 1.59 bits per heavy atom. The highest BCUT2D eigenvalue weighted by molar-refractivity contribution is 5.98. The zero-order valence-corrected chi connectivity index (χ0v) is 23.6. The van der Waals surface area contributed by atoms with Crippen LogP contribution >= 0.6 is 0 Å². The molecule has 1 heterocycles. The van der Waals surface area contributed by atoms with Crippen molar-refractivity contribution in [3.05, 3.63) is 11.6 Å². The lowest BCUT2D eigenvalue weighted by molar-refractivity contribution is -0.278. The summed E-state index contributed by atoms with van der Waals surface area (Å²) in [6, 6.07) is 0.